The van der Waals surface area contributed by atoms with Crippen LogP contribution in [0.1, 0.15) is 34.1 Å². The summed E-state index contributed by atoms with van der Waals surface area (Å²) in [5.41, 5.74) is 0. The van der Waals surface area contributed by atoms with Gasteiger partial charge in [0, 0.05) is 6.42 Å². The number of ketones is 1. The summed E-state index contributed by atoms with van der Waals surface area (Å²) in [4.78, 5) is 10.3. The van der Waals surface area contributed by atoms with Gasteiger partial charge in [-0.05, 0) is 19.8 Å². The van der Waals surface area contributed by atoms with Crippen molar-refractivity contribution in [3.05, 3.63) is 12.7 Å². The van der Waals surface area contributed by atoms with Gasteiger partial charge >= 0.3 is 0 Å². The molecule has 0 radical (unpaired) electrons. The van der Waals surface area contributed by atoms with E-state index < -0.39 is 0 Å². The van der Waals surface area contributed by atoms with Gasteiger partial charge in [0.05, 0.1) is 0 Å². The second kappa shape index (κ2) is 8.41. The molecule has 0 saturated heterocycles. The van der Waals surface area contributed by atoms with Gasteiger partial charge in [0.25, 0.3) is 0 Å². The maximum absolute atomic E-state index is 10.3. The summed E-state index contributed by atoms with van der Waals surface area (Å²) >= 11 is 0. The Hall–Kier alpha value is -0.590. The van der Waals surface area contributed by atoms with Gasteiger partial charge in [-0.15, -0.1) is 6.58 Å². The van der Waals surface area contributed by atoms with Gasteiger partial charge in [0.15, 0.2) is 0 Å². The molecule has 0 saturated carbocycles. The Bertz CT molecular complexity index is 92.9. The summed E-state index contributed by atoms with van der Waals surface area (Å²) in [6.07, 6.45) is 2.47. The lowest BCUT2D eigenvalue weighted by Gasteiger charge is -1.95. The van der Waals surface area contributed by atoms with Gasteiger partial charge in [0.2, 0.25) is 0 Å². The number of allylic oxidation sites excluding steroid dienone is 1. The van der Waals surface area contributed by atoms with Crippen molar-refractivity contribution < 1.29 is 4.79 Å². The molecule has 60 valence electrons. The van der Waals surface area contributed by atoms with Crippen molar-refractivity contribution in [2.45, 2.75) is 34.1 Å². The smallest absolute Gasteiger partial charge is 0.130 e. The molecule has 0 atom stereocenters. The van der Waals surface area contributed by atoms with Crippen LogP contribution >= 0.6 is 0 Å². The van der Waals surface area contributed by atoms with Crippen LogP contribution in [0.5, 0.6) is 0 Å². The second-order valence-electron chi connectivity index (χ2n) is 2.71. The average Bonchev–Trinajstić information content (AvgIpc) is 1.62. The molecule has 0 unspecified atom stereocenters. The zero-order chi connectivity index (χ0) is 8.57. The lowest BCUT2D eigenvalue weighted by atomic mass is 10.1. The topological polar surface area (TPSA) is 17.1 Å². The van der Waals surface area contributed by atoms with Crippen LogP contribution in [0.3, 0.4) is 0 Å². The molecule has 0 heterocycles. The number of carbonyl (C=O) groups is 1. The predicted octanol–water partition coefficient (Wildman–Crippen LogP) is 2.81. The molecule has 0 aliphatic heterocycles. The fraction of sp³-hybridized carbons (Fsp3) is 0.667. The highest BCUT2D eigenvalue weighted by atomic mass is 16.1. The Morgan fingerprint density at radius 3 is 1.90 bits per heavy atom. The molecule has 0 amide bonds. The first-order valence-corrected chi connectivity index (χ1v) is 3.61. The third-order valence-electron chi connectivity index (χ3n) is 0.696. The molecule has 10 heavy (non-hydrogen) atoms. The van der Waals surface area contributed by atoms with Gasteiger partial charge in [-0.2, -0.15) is 0 Å². The first-order chi connectivity index (χ1) is 4.54. The van der Waals surface area contributed by atoms with Gasteiger partial charge < -0.3 is 4.79 Å². The predicted molar refractivity (Wildman–Crippen MR) is 46.0 cm³/mol. The van der Waals surface area contributed by atoms with Crippen LogP contribution < -0.4 is 0 Å². The lowest BCUT2D eigenvalue weighted by Crippen LogP contribution is -1.95. The third kappa shape index (κ3) is 26.2. The van der Waals surface area contributed by atoms with Gasteiger partial charge in [-0.25, -0.2) is 0 Å². The third-order valence-corrected chi connectivity index (χ3v) is 0.696. The first kappa shape index (κ1) is 12.1. The van der Waals surface area contributed by atoms with Crippen molar-refractivity contribution >= 4 is 5.78 Å². The second-order valence-corrected chi connectivity index (χ2v) is 2.71. The maximum Gasteiger partial charge on any atom is 0.130 e. The highest BCUT2D eigenvalue weighted by Crippen LogP contribution is 1.97. The first-order valence-electron chi connectivity index (χ1n) is 3.61. The van der Waals surface area contributed by atoms with Crippen LogP contribution in [0.4, 0.5) is 0 Å². The van der Waals surface area contributed by atoms with E-state index >= 15 is 0 Å². The largest absolute Gasteiger partial charge is 0.300 e. The van der Waals surface area contributed by atoms with E-state index in [0.29, 0.717) is 5.92 Å². The molecule has 0 aromatic carbocycles. The van der Waals surface area contributed by atoms with Crippen LogP contribution in [0, 0.1) is 5.92 Å². The Labute approximate surface area is 64.1 Å². The summed E-state index contributed by atoms with van der Waals surface area (Å²) in [6, 6.07) is 0. The van der Waals surface area contributed by atoms with Crippen LogP contribution in [0.2, 0.25) is 0 Å². The lowest BCUT2D eigenvalue weighted by molar-refractivity contribution is -0.117. The number of rotatable bonds is 2. The highest BCUT2D eigenvalue weighted by molar-refractivity contribution is 5.75. The van der Waals surface area contributed by atoms with Gasteiger partial charge in [-0.1, -0.05) is 19.9 Å². The molecule has 0 aromatic rings. The highest BCUT2D eigenvalue weighted by Gasteiger charge is 1.95. The number of carbonyl (C=O) groups excluding carboxylic acids is 1. The summed E-state index contributed by atoms with van der Waals surface area (Å²) in [5.74, 6) is 0.813. The molecule has 0 aliphatic carbocycles. The molecule has 0 N–H and O–H groups in total. The molecule has 0 bridgehead atoms. The number of hydrogen-bond donors (Lipinski definition) is 0. The fourth-order valence-corrected chi connectivity index (χ4v) is 0.575. The number of hydrogen-bond acceptors (Lipinski definition) is 1. The molecule has 1 nitrogen and oxygen atoms in total. The van der Waals surface area contributed by atoms with E-state index in [1.54, 1.807) is 13.0 Å². The maximum atomic E-state index is 10.3. The summed E-state index contributed by atoms with van der Waals surface area (Å²) in [5, 5.41) is 0. The molecular formula is C9H18O. The van der Waals surface area contributed by atoms with Gasteiger partial charge in [0.1, 0.15) is 5.78 Å². The van der Waals surface area contributed by atoms with E-state index in [4.69, 9.17) is 0 Å². The molecule has 0 rings (SSSR count). The minimum atomic E-state index is 0.287. The normalized spacial score (nSPS) is 8.10. The standard InChI is InChI=1S/C6H12O.C3H6/c1-5(2)4-6(3)7;1-3-2/h5H,4H2,1-3H3;3H,1H2,2H3. The van der Waals surface area contributed by atoms with Crippen LogP contribution in [-0.4, -0.2) is 5.78 Å². The zero-order valence-corrected chi connectivity index (χ0v) is 7.48. The van der Waals surface area contributed by atoms with Crippen LogP contribution in [-0.2, 0) is 4.79 Å². The van der Waals surface area contributed by atoms with Crippen molar-refractivity contribution in [1.82, 2.24) is 0 Å². The Kier molecular flexibility index (Phi) is 10.2. The monoisotopic (exact) mass is 142 g/mol. The van der Waals surface area contributed by atoms with Crippen molar-refractivity contribution in [3.8, 4) is 0 Å². The molecule has 0 spiro atoms. The molecule has 0 aromatic heterocycles. The molecule has 0 aliphatic rings. The average molecular weight is 142 g/mol. The minimum Gasteiger partial charge on any atom is -0.300 e. The van der Waals surface area contributed by atoms with Crippen molar-refractivity contribution in [1.29, 1.82) is 0 Å². The van der Waals surface area contributed by atoms with Crippen molar-refractivity contribution in [3.63, 3.8) is 0 Å². The van der Waals surface area contributed by atoms with Crippen molar-refractivity contribution in [2.24, 2.45) is 5.92 Å². The van der Waals surface area contributed by atoms with E-state index in [1.165, 1.54) is 0 Å². The van der Waals surface area contributed by atoms with Gasteiger partial charge in [-0.3, -0.25) is 0 Å². The van der Waals surface area contributed by atoms with E-state index in [2.05, 4.69) is 6.58 Å². The Morgan fingerprint density at radius 1 is 1.60 bits per heavy atom. The summed E-state index contributed by atoms with van der Waals surface area (Å²) < 4.78 is 0. The molecule has 1 heteroatoms. The Balaban J connectivity index is 0. The summed E-state index contributed by atoms with van der Waals surface area (Å²) in [7, 11) is 0. The van der Waals surface area contributed by atoms with E-state index in [0.717, 1.165) is 6.42 Å². The molecule has 0 fully saturated rings. The van der Waals surface area contributed by atoms with E-state index in [-0.39, 0.29) is 5.78 Å². The van der Waals surface area contributed by atoms with E-state index in [1.807, 2.05) is 20.8 Å². The summed E-state index contributed by atoms with van der Waals surface area (Å²) in [6.45, 7) is 11.0. The zero-order valence-electron chi connectivity index (χ0n) is 7.48. The van der Waals surface area contributed by atoms with Crippen molar-refractivity contribution in [2.75, 3.05) is 0 Å². The van der Waals surface area contributed by atoms with Crippen LogP contribution in [0.15, 0.2) is 12.7 Å². The SMILES string of the molecule is C=CC.CC(=O)CC(C)C. The van der Waals surface area contributed by atoms with E-state index in [9.17, 15) is 4.79 Å². The number of Topliss-reactive ketones (excluding diaryl/α,β-unsaturated/α-hetero) is 1. The molecular weight excluding hydrogens is 124 g/mol. The minimum absolute atomic E-state index is 0.287. The van der Waals surface area contributed by atoms with Crippen LogP contribution in [0.25, 0.3) is 0 Å². The fourth-order valence-electron chi connectivity index (χ4n) is 0.575. The quantitative estimate of drug-likeness (QED) is 0.542. The Morgan fingerprint density at radius 2 is 1.90 bits per heavy atom.